The lowest BCUT2D eigenvalue weighted by Crippen LogP contribution is -2.40. The molecule has 2 rings (SSSR count). The van der Waals surface area contributed by atoms with Gasteiger partial charge in [0.2, 0.25) is 0 Å². The molecule has 0 N–H and O–H groups in total. The topological polar surface area (TPSA) is 3.24 Å². The summed E-state index contributed by atoms with van der Waals surface area (Å²) in [4.78, 5) is 2.45. The molecule has 0 unspecified atom stereocenters. The Morgan fingerprint density at radius 2 is 2.18 bits per heavy atom. The summed E-state index contributed by atoms with van der Waals surface area (Å²) in [6, 6.07) is 6.17. The zero-order valence-electron chi connectivity index (χ0n) is 10.5. The van der Waals surface area contributed by atoms with Crippen LogP contribution in [-0.2, 0) is 5.33 Å². The van der Waals surface area contributed by atoms with E-state index in [0.717, 1.165) is 23.4 Å². The highest BCUT2D eigenvalue weighted by Gasteiger charge is 2.28. The lowest BCUT2D eigenvalue weighted by atomic mass is 9.84. The summed E-state index contributed by atoms with van der Waals surface area (Å²) in [5.74, 6) is 0. The van der Waals surface area contributed by atoms with Gasteiger partial charge in [0.1, 0.15) is 0 Å². The molecule has 0 bridgehead atoms. The van der Waals surface area contributed by atoms with E-state index < -0.39 is 0 Å². The summed E-state index contributed by atoms with van der Waals surface area (Å²) >= 11 is 9.92. The monoisotopic (exact) mass is 315 g/mol. The summed E-state index contributed by atoms with van der Waals surface area (Å²) in [5, 5.41) is 1.74. The van der Waals surface area contributed by atoms with Crippen molar-refractivity contribution in [2.24, 2.45) is 5.41 Å². The van der Waals surface area contributed by atoms with Gasteiger partial charge in [-0.15, -0.1) is 0 Å². The van der Waals surface area contributed by atoms with E-state index in [9.17, 15) is 0 Å². The normalized spacial score (nSPS) is 19.4. The van der Waals surface area contributed by atoms with Gasteiger partial charge in [0.15, 0.2) is 0 Å². The zero-order valence-corrected chi connectivity index (χ0v) is 12.8. The third kappa shape index (κ3) is 2.97. The van der Waals surface area contributed by atoms with Gasteiger partial charge in [-0.25, -0.2) is 0 Å². The van der Waals surface area contributed by atoms with Gasteiger partial charge in [0, 0.05) is 18.4 Å². The highest BCUT2D eigenvalue weighted by molar-refractivity contribution is 9.08. The summed E-state index contributed by atoms with van der Waals surface area (Å²) < 4.78 is 0. The van der Waals surface area contributed by atoms with Crippen LogP contribution >= 0.6 is 27.5 Å². The molecular weight excluding hydrogens is 298 g/mol. The highest BCUT2D eigenvalue weighted by atomic mass is 79.9. The molecule has 1 nitrogen and oxygen atoms in total. The van der Waals surface area contributed by atoms with Crippen LogP contribution in [0.1, 0.15) is 32.3 Å². The van der Waals surface area contributed by atoms with Crippen LogP contribution in [0.3, 0.4) is 0 Å². The number of halogens is 2. The fraction of sp³-hybridized carbons (Fsp3) is 0.571. The Hall–Kier alpha value is -0.210. The molecule has 3 heteroatoms. The molecular formula is C14H19BrClN. The van der Waals surface area contributed by atoms with E-state index in [0.29, 0.717) is 5.41 Å². The minimum atomic E-state index is 0.390. The first kappa shape index (κ1) is 13.2. The summed E-state index contributed by atoms with van der Waals surface area (Å²) in [6.45, 7) is 6.89. The molecule has 1 fully saturated rings. The van der Waals surface area contributed by atoms with Crippen molar-refractivity contribution >= 4 is 33.2 Å². The maximum atomic E-state index is 6.37. The van der Waals surface area contributed by atoms with Crippen molar-refractivity contribution in [2.75, 3.05) is 18.0 Å². The Kier molecular flexibility index (Phi) is 4.04. The minimum absolute atomic E-state index is 0.390. The highest BCUT2D eigenvalue weighted by Crippen LogP contribution is 2.37. The van der Waals surface area contributed by atoms with Crippen molar-refractivity contribution in [2.45, 2.75) is 32.0 Å². The van der Waals surface area contributed by atoms with Gasteiger partial charge in [-0.1, -0.05) is 53.5 Å². The van der Waals surface area contributed by atoms with Crippen molar-refractivity contribution < 1.29 is 0 Å². The largest absolute Gasteiger partial charge is 0.370 e. The van der Waals surface area contributed by atoms with E-state index in [-0.39, 0.29) is 0 Å². The summed E-state index contributed by atoms with van der Waals surface area (Å²) in [5.41, 5.74) is 2.90. The molecule has 1 aliphatic heterocycles. The van der Waals surface area contributed by atoms with Gasteiger partial charge < -0.3 is 4.90 Å². The van der Waals surface area contributed by atoms with Gasteiger partial charge in [-0.3, -0.25) is 0 Å². The van der Waals surface area contributed by atoms with Crippen LogP contribution in [0.5, 0.6) is 0 Å². The lowest BCUT2D eigenvalue weighted by Gasteiger charge is -2.40. The molecule has 0 aromatic heterocycles. The number of nitrogens with zero attached hydrogens (tertiary/aromatic N) is 1. The smallest absolute Gasteiger partial charge is 0.0642 e. The zero-order chi connectivity index (χ0) is 12.5. The molecule has 0 atom stereocenters. The molecule has 1 aliphatic rings. The first-order valence-corrected chi connectivity index (χ1v) is 7.62. The maximum Gasteiger partial charge on any atom is 0.0642 e. The first-order chi connectivity index (χ1) is 8.03. The predicted octanol–water partition coefficient (Wildman–Crippen LogP) is 4.86. The van der Waals surface area contributed by atoms with Crippen molar-refractivity contribution in [3.05, 3.63) is 28.8 Å². The average Bonchev–Trinajstić information content (AvgIpc) is 2.27. The van der Waals surface area contributed by atoms with Crippen LogP contribution in [0.15, 0.2) is 18.2 Å². The van der Waals surface area contributed by atoms with Crippen molar-refractivity contribution in [3.8, 4) is 0 Å². The molecule has 1 saturated heterocycles. The first-order valence-electron chi connectivity index (χ1n) is 6.12. The van der Waals surface area contributed by atoms with Gasteiger partial charge in [0.25, 0.3) is 0 Å². The lowest BCUT2D eigenvalue weighted by molar-refractivity contribution is 0.293. The summed E-state index contributed by atoms with van der Waals surface area (Å²) in [7, 11) is 0. The quantitative estimate of drug-likeness (QED) is 0.704. The third-order valence-corrected chi connectivity index (χ3v) is 4.34. The molecule has 94 valence electrons. The second-order valence-corrected chi connectivity index (χ2v) is 6.54. The van der Waals surface area contributed by atoms with E-state index in [1.54, 1.807) is 0 Å². The molecule has 0 spiro atoms. The number of anilines is 1. The number of benzene rings is 1. The Balaban J connectivity index is 2.33. The van der Waals surface area contributed by atoms with Gasteiger partial charge in [0.05, 0.1) is 10.7 Å². The molecule has 0 amide bonds. The fourth-order valence-electron chi connectivity index (χ4n) is 2.64. The number of para-hydroxylation sites is 1. The van der Waals surface area contributed by atoms with Gasteiger partial charge in [-0.05, 0) is 29.9 Å². The number of hydrogen-bond donors (Lipinski definition) is 0. The predicted molar refractivity (Wildman–Crippen MR) is 79.3 cm³/mol. The SMILES string of the molecule is CC1(C)CCCN(c2c(Cl)cccc2CBr)C1. The van der Waals surface area contributed by atoms with E-state index in [2.05, 4.69) is 40.7 Å². The summed E-state index contributed by atoms with van der Waals surface area (Å²) in [6.07, 6.45) is 2.55. The van der Waals surface area contributed by atoms with E-state index in [4.69, 9.17) is 11.6 Å². The van der Waals surface area contributed by atoms with Gasteiger partial charge in [-0.2, -0.15) is 0 Å². The minimum Gasteiger partial charge on any atom is -0.370 e. The maximum absolute atomic E-state index is 6.37. The van der Waals surface area contributed by atoms with Gasteiger partial charge >= 0.3 is 0 Å². The van der Waals surface area contributed by atoms with Crippen molar-refractivity contribution in [1.29, 1.82) is 0 Å². The third-order valence-electron chi connectivity index (χ3n) is 3.43. The number of piperidine rings is 1. The number of hydrogen-bond acceptors (Lipinski definition) is 1. The van der Waals surface area contributed by atoms with Crippen LogP contribution in [0.2, 0.25) is 5.02 Å². The molecule has 17 heavy (non-hydrogen) atoms. The van der Waals surface area contributed by atoms with Crippen LogP contribution in [0, 0.1) is 5.41 Å². The molecule has 1 aromatic rings. The second kappa shape index (κ2) is 5.19. The van der Waals surface area contributed by atoms with E-state index >= 15 is 0 Å². The molecule has 0 aliphatic carbocycles. The number of alkyl halides is 1. The Morgan fingerprint density at radius 1 is 1.41 bits per heavy atom. The standard InChI is InChI=1S/C14H19BrClN/c1-14(2)7-4-8-17(10-14)13-11(9-15)5-3-6-12(13)16/h3,5-6H,4,7-10H2,1-2H3. The Bertz CT molecular complexity index is 403. The fourth-order valence-corrected chi connectivity index (χ4v) is 3.40. The number of rotatable bonds is 2. The molecule has 1 heterocycles. The Labute approximate surface area is 117 Å². The van der Waals surface area contributed by atoms with Crippen LogP contribution < -0.4 is 4.90 Å². The van der Waals surface area contributed by atoms with Crippen LogP contribution in [0.4, 0.5) is 5.69 Å². The Morgan fingerprint density at radius 3 is 2.82 bits per heavy atom. The van der Waals surface area contributed by atoms with Crippen molar-refractivity contribution in [1.82, 2.24) is 0 Å². The molecule has 1 aromatic carbocycles. The van der Waals surface area contributed by atoms with E-state index in [1.807, 2.05) is 12.1 Å². The molecule has 0 radical (unpaired) electrons. The van der Waals surface area contributed by atoms with Crippen LogP contribution in [-0.4, -0.2) is 13.1 Å². The van der Waals surface area contributed by atoms with Crippen molar-refractivity contribution in [3.63, 3.8) is 0 Å². The second-order valence-electron chi connectivity index (χ2n) is 5.57. The molecule has 0 saturated carbocycles. The van der Waals surface area contributed by atoms with E-state index in [1.165, 1.54) is 24.1 Å². The average molecular weight is 317 g/mol. The van der Waals surface area contributed by atoms with Crippen LogP contribution in [0.25, 0.3) is 0 Å².